The summed E-state index contributed by atoms with van der Waals surface area (Å²) in [6.45, 7) is 2.05. The van der Waals surface area contributed by atoms with Crippen molar-refractivity contribution in [1.82, 2.24) is 0 Å². The maximum absolute atomic E-state index is 12.2. The fourth-order valence-electron chi connectivity index (χ4n) is 2.48. The SMILES string of the molecule is COc1cc(C)c(COC(=O)c2cc3ccccc3o2)cc1OC. The Hall–Kier alpha value is -2.95. The zero-order valence-electron chi connectivity index (χ0n) is 13.8. The standard InChI is InChI=1S/C19H18O5/c1-12-8-16(21-2)17(22-3)10-14(12)11-23-19(20)18-9-13-6-4-5-7-15(13)24-18/h4-10H,11H2,1-3H3. The molecule has 0 aliphatic carbocycles. The summed E-state index contributed by atoms with van der Waals surface area (Å²) in [4.78, 5) is 12.2. The highest BCUT2D eigenvalue weighted by atomic mass is 16.5. The van der Waals surface area contributed by atoms with Crippen molar-refractivity contribution in [2.75, 3.05) is 14.2 Å². The van der Waals surface area contributed by atoms with Crippen LogP contribution < -0.4 is 9.47 Å². The number of ether oxygens (including phenoxy) is 3. The smallest absolute Gasteiger partial charge is 0.374 e. The molecule has 3 aromatic rings. The van der Waals surface area contributed by atoms with E-state index in [0.29, 0.717) is 17.1 Å². The zero-order chi connectivity index (χ0) is 17.1. The molecule has 2 aromatic carbocycles. The molecule has 24 heavy (non-hydrogen) atoms. The topological polar surface area (TPSA) is 57.9 Å². The van der Waals surface area contributed by atoms with E-state index in [4.69, 9.17) is 18.6 Å². The molecule has 0 aliphatic heterocycles. The molecule has 0 unspecified atom stereocenters. The van der Waals surface area contributed by atoms with Gasteiger partial charge < -0.3 is 18.6 Å². The van der Waals surface area contributed by atoms with Gasteiger partial charge in [0.15, 0.2) is 11.5 Å². The largest absolute Gasteiger partial charge is 0.493 e. The second-order valence-electron chi connectivity index (χ2n) is 5.36. The predicted molar refractivity (Wildman–Crippen MR) is 89.6 cm³/mol. The summed E-state index contributed by atoms with van der Waals surface area (Å²) >= 11 is 0. The lowest BCUT2D eigenvalue weighted by Gasteiger charge is -2.12. The Labute approximate surface area is 139 Å². The summed E-state index contributed by atoms with van der Waals surface area (Å²) in [6.07, 6.45) is 0. The first-order valence-corrected chi connectivity index (χ1v) is 7.49. The number of fused-ring (bicyclic) bond motifs is 1. The Kier molecular flexibility index (Phi) is 4.42. The molecule has 0 N–H and O–H groups in total. The van der Waals surface area contributed by atoms with E-state index in [9.17, 15) is 4.79 Å². The number of hydrogen-bond donors (Lipinski definition) is 0. The highest BCUT2D eigenvalue weighted by molar-refractivity contribution is 5.92. The first-order valence-electron chi connectivity index (χ1n) is 7.49. The Balaban J connectivity index is 1.76. The van der Waals surface area contributed by atoms with E-state index >= 15 is 0 Å². The third kappa shape index (κ3) is 3.06. The minimum absolute atomic E-state index is 0.127. The second-order valence-corrected chi connectivity index (χ2v) is 5.36. The lowest BCUT2D eigenvalue weighted by Crippen LogP contribution is -2.05. The number of methoxy groups -OCH3 is 2. The minimum atomic E-state index is -0.500. The zero-order valence-corrected chi connectivity index (χ0v) is 13.8. The molecule has 0 aliphatic rings. The van der Waals surface area contributed by atoms with Gasteiger partial charge in [0.25, 0.3) is 0 Å². The maximum Gasteiger partial charge on any atom is 0.374 e. The van der Waals surface area contributed by atoms with Crippen LogP contribution in [0.3, 0.4) is 0 Å². The average Bonchev–Trinajstić information content (AvgIpc) is 3.04. The number of furan rings is 1. The van der Waals surface area contributed by atoms with Crippen molar-refractivity contribution in [1.29, 1.82) is 0 Å². The van der Waals surface area contributed by atoms with Gasteiger partial charge in [-0.05, 0) is 42.3 Å². The monoisotopic (exact) mass is 326 g/mol. The van der Waals surface area contributed by atoms with Crippen molar-refractivity contribution in [3.05, 3.63) is 59.4 Å². The molecule has 5 heteroatoms. The molecule has 1 heterocycles. The van der Waals surface area contributed by atoms with Gasteiger partial charge in [0.05, 0.1) is 14.2 Å². The molecule has 0 spiro atoms. The van der Waals surface area contributed by atoms with Crippen molar-refractivity contribution in [3.63, 3.8) is 0 Å². The molecule has 0 atom stereocenters. The van der Waals surface area contributed by atoms with Crippen LogP contribution in [0, 0.1) is 6.92 Å². The van der Waals surface area contributed by atoms with E-state index in [1.807, 2.05) is 37.3 Å². The highest BCUT2D eigenvalue weighted by Gasteiger charge is 2.15. The van der Waals surface area contributed by atoms with Gasteiger partial charge in [0, 0.05) is 5.39 Å². The number of hydrogen-bond acceptors (Lipinski definition) is 5. The van der Waals surface area contributed by atoms with E-state index in [0.717, 1.165) is 16.5 Å². The van der Waals surface area contributed by atoms with Crippen molar-refractivity contribution in [3.8, 4) is 11.5 Å². The van der Waals surface area contributed by atoms with Gasteiger partial charge in [-0.2, -0.15) is 0 Å². The normalized spacial score (nSPS) is 10.6. The van der Waals surface area contributed by atoms with E-state index in [1.165, 1.54) is 0 Å². The molecule has 3 rings (SSSR count). The van der Waals surface area contributed by atoms with Crippen LogP contribution in [0.25, 0.3) is 11.0 Å². The quantitative estimate of drug-likeness (QED) is 0.660. The Morgan fingerprint density at radius 1 is 1.04 bits per heavy atom. The van der Waals surface area contributed by atoms with E-state index in [-0.39, 0.29) is 12.4 Å². The van der Waals surface area contributed by atoms with Crippen LogP contribution in [0.4, 0.5) is 0 Å². The number of aryl methyl sites for hydroxylation is 1. The summed E-state index contributed by atoms with van der Waals surface area (Å²) in [5.41, 5.74) is 2.45. The number of rotatable bonds is 5. The molecule has 0 amide bonds. The van der Waals surface area contributed by atoms with Gasteiger partial charge in [-0.1, -0.05) is 18.2 Å². The first-order chi connectivity index (χ1) is 11.6. The summed E-state index contributed by atoms with van der Waals surface area (Å²) in [5, 5.41) is 0.867. The van der Waals surface area contributed by atoms with Crippen LogP contribution in [0.1, 0.15) is 21.7 Å². The third-order valence-corrected chi connectivity index (χ3v) is 3.83. The Bertz CT molecular complexity index is 846. The molecule has 0 fully saturated rings. The summed E-state index contributed by atoms with van der Waals surface area (Å²) in [7, 11) is 3.15. The van der Waals surface area contributed by atoms with Gasteiger partial charge in [-0.3, -0.25) is 0 Å². The number of esters is 1. The highest BCUT2D eigenvalue weighted by Crippen LogP contribution is 2.30. The number of benzene rings is 2. The molecule has 0 saturated heterocycles. The van der Waals surface area contributed by atoms with Crippen LogP contribution in [0.2, 0.25) is 0 Å². The van der Waals surface area contributed by atoms with Gasteiger partial charge in [0.2, 0.25) is 5.76 Å². The molecule has 0 saturated carbocycles. The molecule has 1 aromatic heterocycles. The third-order valence-electron chi connectivity index (χ3n) is 3.83. The number of para-hydroxylation sites is 1. The Morgan fingerprint density at radius 2 is 1.75 bits per heavy atom. The predicted octanol–water partition coefficient (Wildman–Crippen LogP) is 4.12. The molecule has 5 nitrogen and oxygen atoms in total. The minimum Gasteiger partial charge on any atom is -0.493 e. The van der Waals surface area contributed by atoms with Gasteiger partial charge in [0.1, 0.15) is 12.2 Å². The van der Waals surface area contributed by atoms with E-state index in [1.54, 1.807) is 26.4 Å². The van der Waals surface area contributed by atoms with Crippen molar-refractivity contribution in [2.24, 2.45) is 0 Å². The van der Waals surface area contributed by atoms with Gasteiger partial charge in [-0.25, -0.2) is 4.79 Å². The molecule has 0 bridgehead atoms. The summed E-state index contributed by atoms with van der Waals surface area (Å²) in [5.74, 6) is 0.926. The summed E-state index contributed by atoms with van der Waals surface area (Å²) < 4.78 is 21.4. The van der Waals surface area contributed by atoms with Crippen LogP contribution in [0.15, 0.2) is 46.9 Å². The van der Waals surface area contributed by atoms with E-state index in [2.05, 4.69) is 0 Å². The molecular formula is C19H18O5. The summed E-state index contributed by atoms with van der Waals surface area (Å²) in [6, 6.07) is 12.8. The second kappa shape index (κ2) is 6.66. The lowest BCUT2D eigenvalue weighted by atomic mass is 10.1. The Morgan fingerprint density at radius 3 is 2.46 bits per heavy atom. The number of carbonyl (C=O) groups excluding carboxylic acids is 1. The van der Waals surface area contributed by atoms with Crippen molar-refractivity contribution in [2.45, 2.75) is 13.5 Å². The first kappa shape index (κ1) is 15.9. The lowest BCUT2D eigenvalue weighted by molar-refractivity contribution is 0.0438. The van der Waals surface area contributed by atoms with Crippen molar-refractivity contribution >= 4 is 16.9 Å². The average molecular weight is 326 g/mol. The molecular weight excluding hydrogens is 308 g/mol. The molecule has 124 valence electrons. The van der Waals surface area contributed by atoms with Crippen LogP contribution >= 0.6 is 0 Å². The van der Waals surface area contributed by atoms with Crippen LogP contribution in [0.5, 0.6) is 11.5 Å². The van der Waals surface area contributed by atoms with Crippen LogP contribution in [-0.4, -0.2) is 20.2 Å². The molecule has 0 radical (unpaired) electrons. The maximum atomic E-state index is 12.2. The van der Waals surface area contributed by atoms with Crippen LogP contribution in [-0.2, 0) is 11.3 Å². The number of carbonyl (C=O) groups is 1. The fraction of sp³-hybridized carbons (Fsp3) is 0.211. The fourth-order valence-corrected chi connectivity index (χ4v) is 2.48. The van der Waals surface area contributed by atoms with Gasteiger partial charge in [-0.15, -0.1) is 0 Å². The van der Waals surface area contributed by atoms with Gasteiger partial charge >= 0.3 is 5.97 Å². The van der Waals surface area contributed by atoms with Crippen molar-refractivity contribution < 1.29 is 23.4 Å². The van der Waals surface area contributed by atoms with E-state index < -0.39 is 5.97 Å².